The third-order valence-corrected chi connectivity index (χ3v) is 4.94. The Kier molecular flexibility index (Phi) is 3.16. The minimum atomic E-state index is 0.258. The van der Waals surface area contributed by atoms with Crippen LogP contribution in [0.1, 0.15) is 11.1 Å². The molecule has 2 N–H and O–H groups in total. The first kappa shape index (κ1) is 14.0. The van der Waals surface area contributed by atoms with Gasteiger partial charge >= 0.3 is 0 Å². The Morgan fingerprint density at radius 1 is 1.13 bits per heavy atom. The Hall–Kier alpha value is -2.66. The molecular formula is C18H15N3OS. The van der Waals surface area contributed by atoms with E-state index in [1.165, 1.54) is 0 Å². The van der Waals surface area contributed by atoms with E-state index in [-0.39, 0.29) is 5.75 Å². The number of aromatic amines is 1. The van der Waals surface area contributed by atoms with E-state index in [2.05, 4.69) is 22.3 Å². The summed E-state index contributed by atoms with van der Waals surface area (Å²) in [6.07, 6.45) is 1.77. The molecule has 23 heavy (non-hydrogen) atoms. The minimum absolute atomic E-state index is 0.258. The molecular weight excluding hydrogens is 306 g/mol. The summed E-state index contributed by atoms with van der Waals surface area (Å²) in [5.41, 5.74) is 5.51. The summed E-state index contributed by atoms with van der Waals surface area (Å²) in [6, 6.07) is 11.9. The molecule has 0 amide bonds. The number of para-hydroxylation sites is 1. The number of thiazole rings is 1. The molecule has 0 saturated carbocycles. The van der Waals surface area contributed by atoms with Crippen molar-refractivity contribution in [1.29, 1.82) is 0 Å². The van der Waals surface area contributed by atoms with Crippen LogP contribution in [0.5, 0.6) is 5.75 Å². The predicted molar refractivity (Wildman–Crippen MR) is 93.8 cm³/mol. The normalized spacial score (nSPS) is 11.2. The smallest absolute Gasteiger partial charge is 0.128 e. The quantitative estimate of drug-likeness (QED) is 0.563. The van der Waals surface area contributed by atoms with Crippen LogP contribution in [0.15, 0.2) is 42.6 Å². The van der Waals surface area contributed by atoms with Crippen molar-refractivity contribution in [1.82, 2.24) is 15.2 Å². The van der Waals surface area contributed by atoms with Gasteiger partial charge in [-0.15, -0.1) is 11.3 Å². The Labute approximate surface area is 137 Å². The van der Waals surface area contributed by atoms with Gasteiger partial charge in [-0.2, -0.15) is 5.10 Å². The second-order valence-corrected chi connectivity index (χ2v) is 6.65. The maximum absolute atomic E-state index is 10.4. The summed E-state index contributed by atoms with van der Waals surface area (Å²) in [7, 11) is 0. The van der Waals surface area contributed by atoms with Crippen molar-refractivity contribution in [3.63, 3.8) is 0 Å². The van der Waals surface area contributed by atoms with Crippen molar-refractivity contribution in [2.45, 2.75) is 13.8 Å². The van der Waals surface area contributed by atoms with Crippen LogP contribution < -0.4 is 0 Å². The number of rotatable bonds is 2. The van der Waals surface area contributed by atoms with Crippen LogP contribution in [0.25, 0.3) is 32.0 Å². The van der Waals surface area contributed by atoms with Crippen molar-refractivity contribution in [3.05, 3.63) is 53.7 Å². The molecule has 4 rings (SSSR count). The Bertz CT molecular complexity index is 960. The van der Waals surface area contributed by atoms with Crippen molar-refractivity contribution in [3.8, 4) is 27.6 Å². The highest BCUT2D eigenvalue weighted by atomic mass is 32.1. The van der Waals surface area contributed by atoms with Crippen LogP contribution >= 0.6 is 11.3 Å². The molecule has 0 fully saturated rings. The molecule has 2 aromatic heterocycles. The average molecular weight is 321 g/mol. The van der Waals surface area contributed by atoms with Crippen LogP contribution in [0.3, 0.4) is 0 Å². The van der Waals surface area contributed by atoms with Crippen molar-refractivity contribution < 1.29 is 5.11 Å². The topological polar surface area (TPSA) is 61.8 Å². The fourth-order valence-electron chi connectivity index (χ4n) is 2.90. The Morgan fingerprint density at radius 2 is 1.96 bits per heavy atom. The lowest BCUT2D eigenvalue weighted by Crippen LogP contribution is -1.89. The lowest BCUT2D eigenvalue weighted by molar-refractivity contribution is 0.476. The number of fused-ring (bicyclic) bond motifs is 1. The largest absolute Gasteiger partial charge is 0.507 e. The SMILES string of the molecule is Cc1cc(C)c(-c2[nH]ncc2-c2nc3ccccc3s2)c(O)c1. The summed E-state index contributed by atoms with van der Waals surface area (Å²) in [5, 5.41) is 18.5. The molecule has 114 valence electrons. The Balaban J connectivity index is 1.92. The molecule has 0 aliphatic rings. The summed E-state index contributed by atoms with van der Waals surface area (Å²) in [5.74, 6) is 0.258. The molecule has 0 aliphatic carbocycles. The third-order valence-electron chi connectivity index (χ3n) is 3.87. The van der Waals surface area contributed by atoms with Gasteiger partial charge in [0.2, 0.25) is 0 Å². The average Bonchev–Trinajstić information content (AvgIpc) is 3.11. The van der Waals surface area contributed by atoms with E-state index in [9.17, 15) is 5.11 Å². The molecule has 0 bridgehead atoms. The maximum atomic E-state index is 10.4. The number of aromatic nitrogens is 3. The van der Waals surface area contributed by atoms with Gasteiger partial charge in [0.25, 0.3) is 0 Å². The first-order chi connectivity index (χ1) is 11.1. The number of phenols is 1. The minimum Gasteiger partial charge on any atom is -0.507 e. The maximum Gasteiger partial charge on any atom is 0.128 e. The van der Waals surface area contributed by atoms with Gasteiger partial charge in [0.15, 0.2) is 0 Å². The summed E-state index contributed by atoms with van der Waals surface area (Å²) >= 11 is 1.63. The van der Waals surface area contributed by atoms with Gasteiger partial charge in [0.05, 0.1) is 27.7 Å². The Morgan fingerprint density at radius 3 is 2.74 bits per heavy atom. The number of nitrogens with one attached hydrogen (secondary N) is 1. The number of phenolic OH excluding ortho intramolecular Hbond substituents is 1. The van der Waals surface area contributed by atoms with Crippen molar-refractivity contribution in [2.24, 2.45) is 0 Å². The van der Waals surface area contributed by atoms with Gasteiger partial charge in [0, 0.05) is 5.56 Å². The van der Waals surface area contributed by atoms with Crippen LogP contribution in [-0.2, 0) is 0 Å². The molecule has 0 spiro atoms. The van der Waals surface area contributed by atoms with E-state index in [1.54, 1.807) is 23.6 Å². The highest BCUT2D eigenvalue weighted by Gasteiger charge is 2.18. The summed E-state index contributed by atoms with van der Waals surface area (Å²) in [6.45, 7) is 3.96. The standard InChI is InChI=1S/C18H15N3OS/c1-10-7-11(2)16(14(22)8-10)17-12(9-19-21-17)18-20-13-5-3-4-6-15(13)23-18/h3-9,22H,1-2H3,(H,19,21). The number of hydrogen-bond donors (Lipinski definition) is 2. The molecule has 0 radical (unpaired) electrons. The number of H-pyrrole nitrogens is 1. The zero-order valence-electron chi connectivity index (χ0n) is 12.8. The van der Waals surface area contributed by atoms with E-state index in [0.717, 1.165) is 43.2 Å². The fourth-order valence-corrected chi connectivity index (χ4v) is 3.88. The predicted octanol–water partition coefficient (Wildman–Crippen LogP) is 4.68. The van der Waals surface area contributed by atoms with E-state index >= 15 is 0 Å². The van der Waals surface area contributed by atoms with E-state index in [4.69, 9.17) is 4.98 Å². The summed E-state index contributed by atoms with van der Waals surface area (Å²) < 4.78 is 1.14. The first-order valence-electron chi connectivity index (χ1n) is 7.33. The second-order valence-electron chi connectivity index (χ2n) is 5.62. The molecule has 4 aromatic rings. The van der Waals surface area contributed by atoms with Crippen molar-refractivity contribution in [2.75, 3.05) is 0 Å². The number of aryl methyl sites for hydroxylation is 2. The van der Waals surface area contributed by atoms with Gasteiger partial charge in [-0.3, -0.25) is 5.10 Å². The number of benzene rings is 2. The molecule has 0 aliphatic heterocycles. The molecule has 5 heteroatoms. The molecule has 0 atom stereocenters. The lowest BCUT2D eigenvalue weighted by atomic mass is 9.99. The highest BCUT2D eigenvalue weighted by molar-refractivity contribution is 7.21. The molecule has 0 saturated heterocycles. The molecule has 0 unspecified atom stereocenters. The van der Waals surface area contributed by atoms with Gasteiger partial charge in [0.1, 0.15) is 10.8 Å². The van der Waals surface area contributed by atoms with Gasteiger partial charge in [-0.25, -0.2) is 4.98 Å². The van der Waals surface area contributed by atoms with Gasteiger partial charge < -0.3 is 5.11 Å². The number of hydrogen-bond acceptors (Lipinski definition) is 4. The van der Waals surface area contributed by atoms with Gasteiger partial charge in [-0.05, 0) is 43.2 Å². The monoisotopic (exact) mass is 321 g/mol. The number of nitrogens with zero attached hydrogens (tertiary/aromatic N) is 2. The van der Waals surface area contributed by atoms with E-state index in [0.29, 0.717) is 0 Å². The molecule has 2 aromatic carbocycles. The zero-order chi connectivity index (χ0) is 16.0. The first-order valence-corrected chi connectivity index (χ1v) is 8.15. The van der Waals surface area contributed by atoms with E-state index in [1.807, 2.05) is 32.0 Å². The highest BCUT2D eigenvalue weighted by Crippen LogP contribution is 2.40. The zero-order valence-corrected chi connectivity index (χ0v) is 13.6. The summed E-state index contributed by atoms with van der Waals surface area (Å²) in [4.78, 5) is 4.70. The fraction of sp³-hybridized carbons (Fsp3) is 0.111. The van der Waals surface area contributed by atoms with Crippen LogP contribution in [0.4, 0.5) is 0 Å². The van der Waals surface area contributed by atoms with Crippen LogP contribution in [0.2, 0.25) is 0 Å². The molecule has 4 nitrogen and oxygen atoms in total. The lowest BCUT2D eigenvalue weighted by Gasteiger charge is -2.09. The van der Waals surface area contributed by atoms with Crippen LogP contribution in [0, 0.1) is 13.8 Å². The van der Waals surface area contributed by atoms with E-state index < -0.39 is 0 Å². The van der Waals surface area contributed by atoms with Crippen LogP contribution in [-0.4, -0.2) is 20.3 Å². The van der Waals surface area contributed by atoms with Crippen molar-refractivity contribution >= 4 is 21.6 Å². The number of aromatic hydroxyl groups is 1. The second kappa shape index (κ2) is 5.21. The third kappa shape index (κ3) is 2.29. The van der Waals surface area contributed by atoms with Gasteiger partial charge in [-0.1, -0.05) is 18.2 Å². The molecule has 2 heterocycles.